The number of hydrogen-bond donors (Lipinski definition) is 1. The molecule has 0 bridgehead atoms. The molecule has 94 valence electrons. The van der Waals surface area contributed by atoms with Crippen molar-refractivity contribution in [2.75, 3.05) is 6.54 Å². The average molecular weight is 252 g/mol. The van der Waals surface area contributed by atoms with Crippen LogP contribution in [0.2, 0.25) is 0 Å². The molecular weight excluding hydrogens is 232 g/mol. The first kappa shape index (κ1) is 12.6. The number of thiazole rings is 1. The highest BCUT2D eigenvalue weighted by molar-refractivity contribution is 7.07. The van der Waals surface area contributed by atoms with Gasteiger partial charge in [0.05, 0.1) is 11.2 Å². The minimum absolute atomic E-state index is 0.174. The standard InChI is InChI=1S/C13H20N2OS/c1-10(11-4-2-3-5-11)13(16)14-7-6-12-8-17-9-15-12/h8-11H,2-7H2,1H3,(H,14,16). The van der Waals surface area contributed by atoms with Crippen molar-refractivity contribution in [3.8, 4) is 0 Å². The lowest BCUT2D eigenvalue weighted by atomic mass is 9.92. The van der Waals surface area contributed by atoms with E-state index in [-0.39, 0.29) is 11.8 Å². The van der Waals surface area contributed by atoms with Gasteiger partial charge in [0.25, 0.3) is 0 Å². The molecular formula is C13H20N2OS. The molecule has 1 unspecified atom stereocenters. The van der Waals surface area contributed by atoms with Crippen LogP contribution in [-0.2, 0) is 11.2 Å². The molecule has 0 spiro atoms. The average Bonchev–Trinajstić information content (AvgIpc) is 3.00. The third kappa shape index (κ3) is 3.53. The van der Waals surface area contributed by atoms with E-state index in [4.69, 9.17) is 0 Å². The zero-order chi connectivity index (χ0) is 12.1. The molecule has 1 aliphatic carbocycles. The predicted octanol–water partition coefficient (Wildman–Crippen LogP) is 2.63. The number of hydrogen-bond acceptors (Lipinski definition) is 3. The van der Waals surface area contributed by atoms with Crippen LogP contribution in [0.25, 0.3) is 0 Å². The fraction of sp³-hybridized carbons (Fsp3) is 0.692. The maximum Gasteiger partial charge on any atom is 0.223 e. The van der Waals surface area contributed by atoms with Crippen molar-refractivity contribution >= 4 is 17.2 Å². The summed E-state index contributed by atoms with van der Waals surface area (Å²) in [5, 5.41) is 5.06. The summed E-state index contributed by atoms with van der Waals surface area (Å²) in [6.45, 7) is 2.77. The number of nitrogens with one attached hydrogen (secondary N) is 1. The fourth-order valence-corrected chi connectivity index (χ4v) is 3.10. The summed E-state index contributed by atoms with van der Waals surface area (Å²) in [5.74, 6) is 0.995. The first-order valence-electron chi connectivity index (χ1n) is 6.42. The Kier molecular flexibility index (Phi) is 4.54. The first-order valence-corrected chi connectivity index (χ1v) is 7.36. The van der Waals surface area contributed by atoms with Gasteiger partial charge in [0.15, 0.2) is 0 Å². The van der Waals surface area contributed by atoms with Gasteiger partial charge in [-0.2, -0.15) is 0 Å². The van der Waals surface area contributed by atoms with Gasteiger partial charge in [0, 0.05) is 24.3 Å². The molecule has 1 heterocycles. The fourth-order valence-electron chi connectivity index (χ4n) is 2.51. The van der Waals surface area contributed by atoms with Gasteiger partial charge in [0.1, 0.15) is 0 Å². The van der Waals surface area contributed by atoms with Gasteiger partial charge < -0.3 is 5.32 Å². The quantitative estimate of drug-likeness (QED) is 0.875. The second-order valence-electron chi connectivity index (χ2n) is 4.85. The minimum Gasteiger partial charge on any atom is -0.355 e. The van der Waals surface area contributed by atoms with Crippen molar-refractivity contribution in [1.29, 1.82) is 0 Å². The summed E-state index contributed by atoms with van der Waals surface area (Å²) in [4.78, 5) is 16.1. The molecule has 2 rings (SSSR count). The number of amides is 1. The number of nitrogens with zero attached hydrogens (tertiary/aromatic N) is 1. The maximum atomic E-state index is 11.9. The molecule has 1 N–H and O–H groups in total. The maximum absolute atomic E-state index is 11.9. The third-order valence-electron chi connectivity index (χ3n) is 3.68. The smallest absolute Gasteiger partial charge is 0.223 e. The van der Waals surface area contributed by atoms with Crippen molar-refractivity contribution in [3.05, 3.63) is 16.6 Å². The van der Waals surface area contributed by atoms with E-state index in [2.05, 4.69) is 17.2 Å². The van der Waals surface area contributed by atoms with E-state index in [0.29, 0.717) is 12.5 Å². The van der Waals surface area contributed by atoms with Gasteiger partial charge in [-0.3, -0.25) is 4.79 Å². The molecule has 1 saturated carbocycles. The molecule has 1 aromatic rings. The Morgan fingerprint density at radius 1 is 1.59 bits per heavy atom. The number of rotatable bonds is 5. The predicted molar refractivity (Wildman–Crippen MR) is 69.9 cm³/mol. The van der Waals surface area contributed by atoms with Gasteiger partial charge in [-0.25, -0.2) is 4.98 Å². The molecule has 0 aromatic carbocycles. The Labute approximate surface area is 107 Å². The van der Waals surface area contributed by atoms with Gasteiger partial charge in [-0.05, 0) is 18.8 Å². The lowest BCUT2D eigenvalue weighted by molar-refractivity contribution is -0.125. The third-order valence-corrected chi connectivity index (χ3v) is 4.32. The van der Waals surface area contributed by atoms with Crippen LogP contribution < -0.4 is 5.32 Å². The van der Waals surface area contributed by atoms with Gasteiger partial charge in [-0.1, -0.05) is 19.8 Å². The second kappa shape index (κ2) is 6.15. The van der Waals surface area contributed by atoms with E-state index in [9.17, 15) is 4.79 Å². The molecule has 1 fully saturated rings. The molecule has 1 amide bonds. The van der Waals surface area contributed by atoms with Crippen molar-refractivity contribution in [3.63, 3.8) is 0 Å². The number of aromatic nitrogens is 1. The molecule has 1 aliphatic rings. The molecule has 0 aliphatic heterocycles. The van der Waals surface area contributed by atoms with E-state index in [1.807, 2.05) is 10.9 Å². The largest absolute Gasteiger partial charge is 0.355 e. The molecule has 1 atom stereocenters. The lowest BCUT2D eigenvalue weighted by Crippen LogP contribution is -2.34. The van der Waals surface area contributed by atoms with Crippen LogP contribution in [0.4, 0.5) is 0 Å². The van der Waals surface area contributed by atoms with Gasteiger partial charge in [-0.15, -0.1) is 11.3 Å². The van der Waals surface area contributed by atoms with Crippen LogP contribution in [0.15, 0.2) is 10.9 Å². The van der Waals surface area contributed by atoms with Crippen LogP contribution in [0.3, 0.4) is 0 Å². The normalized spacial score (nSPS) is 18.2. The molecule has 0 radical (unpaired) electrons. The molecule has 3 nitrogen and oxygen atoms in total. The highest BCUT2D eigenvalue weighted by Crippen LogP contribution is 2.31. The van der Waals surface area contributed by atoms with Gasteiger partial charge in [0.2, 0.25) is 5.91 Å². The Balaban J connectivity index is 1.69. The second-order valence-corrected chi connectivity index (χ2v) is 5.57. The zero-order valence-corrected chi connectivity index (χ0v) is 11.1. The van der Waals surface area contributed by atoms with Crippen LogP contribution in [-0.4, -0.2) is 17.4 Å². The summed E-state index contributed by atoms with van der Waals surface area (Å²) < 4.78 is 0. The van der Waals surface area contributed by atoms with Crippen LogP contribution in [0.1, 0.15) is 38.3 Å². The SMILES string of the molecule is CC(C(=O)NCCc1cscn1)C1CCCC1. The van der Waals surface area contributed by atoms with E-state index in [1.165, 1.54) is 25.7 Å². The van der Waals surface area contributed by atoms with Crippen LogP contribution in [0.5, 0.6) is 0 Å². The highest BCUT2D eigenvalue weighted by Gasteiger charge is 2.26. The van der Waals surface area contributed by atoms with Crippen molar-refractivity contribution in [2.24, 2.45) is 11.8 Å². The summed E-state index contributed by atoms with van der Waals surface area (Å²) in [7, 11) is 0. The van der Waals surface area contributed by atoms with E-state index in [0.717, 1.165) is 12.1 Å². The first-order chi connectivity index (χ1) is 8.27. The van der Waals surface area contributed by atoms with E-state index in [1.54, 1.807) is 11.3 Å². The van der Waals surface area contributed by atoms with Crippen molar-refractivity contribution < 1.29 is 4.79 Å². The topological polar surface area (TPSA) is 42.0 Å². The molecule has 0 saturated heterocycles. The summed E-state index contributed by atoms with van der Waals surface area (Å²) >= 11 is 1.60. The van der Waals surface area contributed by atoms with E-state index >= 15 is 0 Å². The highest BCUT2D eigenvalue weighted by atomic mass is 32.1. The molecule has 4 heteroatoms. The van der Waals surface area contributed by atoms with Crippen LogP contribution in [0, 0.1) is 11.8 Å². The molecule has 1 aromatic heterocycles. The summed E-state index contributed by atoms with van der Waals surface area (Å²) in [6.07, 6.45) is 5.87. The van der Waals surface area contributed by atoms with Crippen molar-refractivity contribution in [1.82, 2.24) is 10.3 Å². The monoisotopic (exact) mass is 252 g/mol. The van der Waals surface area contributed by atoms with Gasteiger partial charge >= 0.3 is 0 Å². The summed E-state index contributed by atoms with van der Waals surface area (Å²) in [6, 6.07) is 0. The molecule has 17 heavy (non-hydrogen) atoms. The minimum atomic E-state index is 0.174. The Morgan fingerprint density at radius 3 is 3.00 bits per heavy atom. The zero-order valence-electron chi connectivity index (χ0n) is 10.3. The van der Waals surface area contributed by atoms with Crippen LogP contribution >= 0.6 is 11.3 Å². The Bertz CT molecular complexity index is 344. The Morgan fingerprint density at radius 2 is 2.35 bits per heavy atom. The Hall–Kier alpha value is -0.900. The number of carbonyl (C=O) groups is 1. The van der Waals surface area contributed by atoms with E-state index < -0.39 is 0 Å². The number of carbonyl (C=O) groups excluding carboxylic acids is 1. The lowest BCUT2D eigenvalue weighted by Gasteiger charge is -2.17. The summed E-state index contributed by atoms with van der Waals surface area (Å²) in [5.41, 5.74) is 2.90. The van der Waals surface area contributed by atoms with Crippen molar-refractivity contribution in [2.45, 2.75) is 39.0 Å².